The van der Waals surface area contributed by atoms with Crippen LogP contribution in [0.4, 0.5) is 0 Å². The van der Waals surface area contributed by atoms with E-state index in [1.165, 1.54) is 16.7 Å². The Bertz CT molecular complexity index is 859. The van der Waals surface area contributed by atoms with Crippen LogP contribution in [0.5, 0.6) is 0 Å². The maximum Gasteiger partial charge on any atom is 0.139 e. The molecular formula is C25H27N2S+. The molecule has 28 heavy (non-hydrogen) atoms. The smallest absolute Gasteiger partial charge is 0.139 e. The second-order valence-corrected chi connectivity index (χ2v) is 7.96. The summed E-state index contributed by atoms with van der Waals surface area (Å²) in [5.74, 6) is 0. The van der Waals surface area contributed by atoms with Gasteiger partial charge in [-0.05, 0) is 6.92 Å². The van der Waals surface area contributed by atoms with Gasteiger partial charge in [0.1, 0.15) is 11.0 Å². The van der Waals surface area contributed by atoms with Crippen LogP contribution in [-0.2, 0) is 0 Å². The van der Waals surface area contributed by atoms with Crippen LogP contribution in [0.25, 0.3) is 0 Å². The lowest BCUT2D eigenvalue weighted by Crippen LogP contribution is -3.15. The zero-order valence-corrected chi connectivity index (χ0v) is 17.2. The highest BCUT2D eigenvalue weighted by molar-refractivity contribution is 7.80. The van der Waals surface area contributed by atoms with Crippen LogP contribution in [-0.4, -0.2) is 36.1 Å². The minimum absolute atomic E-state index is 0.373. The van der Waals surface area contributed by atoms with E-state index in [0.29, 0.717) is 6.04 Å². The molecule has 0 aromatic heterocycles. The molecule has 0 radical (unpaired) electrons. The summed E-state index contributed by atoms with van der Waals surface area (Å²) in [6.07, 6.45) is 0. The molecule has 1 aliphatic rings. The Kier molecular flexibility index (Phi) is 5.84. The molecular weight excluding hydrogens is 360 g/mol. The lowest BCUT2D eigenvalue weighted by molar-refractivity contribution is -0.929. The normalized spacial score (nSPS) is 15.0. The molecule has 3 aromatic carbocycles. The van der Waals surface area contributed by atoms with Crippen molar-refractivity contribution < 1.29 is 4.90 Å². The third kappa shape index (κ3) is 4.16. The molecule has 1 fully saturated rings. The van der Waals surface area contributed by atoms with Crippen LogP contribution in [0.1, 0.15) is 28.3 Å². The topological polar surface area (TPSA) is 7.68 Å². The second-order valence-electron chi connectivity index (χ2n) is 7.57. The lowest BCUT2D eigenvalue weighted by Gasteiger charge is -2.38. The Morgan fingerprint density at radius 3 is 1.79 bits per heavy atom. The standard InChI is InChI=1S/C25H26N2S/c1-20-12-14-23(15-13-20)25(28)27-18-16-26(17-19-27)24(21-8-4-2-5-9-21)22-10-6-3-7-11-22/h2-15,24H,16-19H2,1H3/p+1. The number of nitrogens with zero attached hydrogens (tertiary/aromatic N) is 1. The molecule has 2 nitrogen and oxygen atoms in total. The van der Waals surface area contributed by atoms with Gasteiger partial charge in [-0.15, -0.1) is 0 Å². The first kappa shape index (κ1) is 18.9. The molecule has 0 saturated carbocycles. The number of piperazine rings is 1. The zero-order chi connectivity index (χ0) is 19.3. The first-order valence-corrected chi connectivity index (χ1v) is 10.4. The van der Waals surface area contributed by atoms with Crippen molar-refractivity contribution in [3.63, 3.8) is 0 Å². The van der Waals surface area contributed by atoms with E-state index in [4.69, 9.17) is 12.2 Å². The summed E-state index contributed by atoms with van der Waals surface area (Å²) >= 11 is 5.79. The Hall–Kier alpha value is -2.49. The molecule has 3 heteroatoms. The maximum atomic E-state index is 5.79. The van der Waals surface area contributed by atoms with E-state index in [-0.39, 0.29) is 0 Å². The molecule has 0 aliphatic carbocycles. The predicted octanol–water partition coefficient (Wildman–Crippen LogP) is 3.66. The molecule has 0 atom stereocenters. The summed E-state index contributed by atoms with van der Waals surface area (Å²) in [7, 11) is 0. The van der Waals surface area contributed by atoms with Crippen LogP contribution in [0.3, 0.4) is 0 Å². The fourth-order valence-corrected chi connectivity index (χ4v) is 4.44. The molecule has 3 aromatic rings. The molecule has 0 spiro atoms. The quantitative estimate of drug-likeness (QED) is 0.684. The molecule has 4 rings (SSSR count). The van der Waals surface area contributed by atoms with E-state index >= 15 is 0 Å². The number of hydrogen-bond donors (Lipinski definition) is 1. The van der Waals surface area contributed by atoms with Crippen molar-refractivity contribution >= 4 is 17.2 Å². The number of thiocarbonyl (C=S) groups is 1. The van der Waals surface area contributed by atoms with Crippen LogP contribution in [0.15, 0.2) is 84.9 Å². The van der Waals surface area contributed by atoms with Gasteiger partial charge in [0.25, 0.3) is 0 Å². The van der Waals surface area contributed by atoms with Gasteiger partial charge in [0.15, 0.2) is 0 Å². The third-order valence-corrected chi connectivity index (χ3v) is 6.16. The van der Waals surface area contributed by atoms with Gasteiger partial charge in [-0.25, -0.2) is 0 Å². The first-order chi connectivity index (χ1) is 13.7. The van der Waals surface area contributed by atoms with Crippen LogP contribution in [0.2, 0.25) is 0 Å². The minimum atomic E-state index is 0.373. The number of benzene rings is 3. The van der Waals surface area contributed by atoms with Gasteiger partial charge >= 0.3 is 0 Å². The molecule has 142 valence electrons. The number of aryl methyl sites for hydroxylation is 1. The van der Waals surface area contributed by atoms with Crippen LogP contribution >= 0.6 is 12.2 Å². The molecule has 0 unspecified atom stereocenters. The minimum Gasteiger partial charge on any atom is -0.351 e. The van der Waals surface area contributed by atoms with Gasteiger partial charge in [-0.2, -0.15) is 0 Å². The van der Waals surface area contributed by atoms with Crippen molar-refractivity contribution in [3.05, 3.63) is 107 Å². The van der Waals surface area contributed by atoms with E-state index in [1.54, 1.807) is 4.90 Å². The van der Waals surface area contributed by atoms with E-state index in [0.717, 1.165) is 36.7 Å². The van der Waals surface area contributed by atoms with Crippen molar-refractivity contribution in [2.45, 2.75) is 13.0 Å². The SMILES string of the molecule is Cc1ccc(C(=S)N2CC[NH+](C(c3ccccc3)c3ccccc3)CC2)cc1. The molecule has 1 N–H and O–H groups in total. The van der Waals surface area contributed by atoms with Crippen molar-refractivity contribution in [2.75, 3.05) is 26.2 Å². The summed E-state index contributed by atoms with van der Waals surface area (Å²) in [5.41, 5.74) is 5.21. The number of rotatable bonds is 4. The Labute approximate surface area is 173 Å². The van der Waals surface area contributed by atoms with Crippen molar-refractivity contribution in [1.29, 1.82) is 0 Å². The lowest BCUT2D eigenvalue weighted by atomic mass is 9.96. The van der Waals surface area contributed by atoms with Gasteiger partial charge in [0.05, 0.1) is 26.2 Å². The Morgan fingerprint density at radius 1 is 0.786 bits per heavy atom. The van der Waals surface area contributed by atoms with Gasteiger partial charge in [-0.3, -0.25) is 0 Å². The fourth-order valence-electron chi connectivity index (χ4n) is 4.12. The fraction of sp³-hybridized carbons (Fsp3) is 0.240. The Balaban J connectivity index is 1.50. The molecule has 1 saturated heterocycles. The summed E-state index contributed by atoms with van der Waals surface area (Å²) in [6, 6.07) is 30.8. The van der Waals surface area contributed by atoms with E-state index in [1.807, 2.05) is 0 Å². The van der Waals surface area contributed by atoms with Crippen molar-refractivity contribution in [1.82, 2.24) is 4.90 Å². The van der Waals surface area contributed by atoms with E-state index in [2.05, 4.69) is 96.8 Å². The van der Waals surface area contributed by atoms with Crippen LogP contribution < -0.4 is 4.90 Å². The maximum absolute atomic E-state index is 5.79. The van der Waals surface area contributed by atoms with Crippen molar-refractivity contribution in [2.24, 2.45) is 0 Å². The molecule has 1 aliphatic heterocycles. The second kappa shape index (κ2) is 8.68. The monoisotopic (exact) mass is 387 g/mol. The average Bonchev–Trinajstić information content (AvgIpc) is 2.76. The van der Waals surface area contributed by atoms with Gasteiger partial charge in [-0.1, -0.05) is 103 Å². The number of quaternary nitrogens is 1. The molecule has 0 amide bonds. The molecule has 1 heterocycles. The van der Waals surface area contributed by atoms with Gasteiger partial charge < -0.3 is 9.80 Å². The summed E-state index contributed by atoms with van der Waals surface area (Å²) in [5, 5.41) is 0. The van der Waals surface area contributed by atoms with Gasteiger partial charge in [0.2, 0.25) is 0 Å². The van der Waals surface area contributed by atoms with Gasteiger partial charge in [0, 0.05) is 16.7 Å². The predicted molar refractivity (Wildman–Crippen MR) is 120 cm³/mol. The highest BCUT2D eigenvalue weighted by atomic mass is 32.1. The molecule has 0 bridgehead atoms. The Morgan fingerprint density at radius 2 is 1.29 bits per heavy atom. The third-order valence-electron chi connectivity index (χ3n) is 5.67. The number of nitrogens with one attached hydrogen (secondary N) is 1. The zero-order valence-electron chi connectivity index (χ0n) is 16.3. The van der Waals surface area contributed by atoms with E-state index in [9.17, 15) is 0 Å². The largest absolute Gasteiger partial charge is 0.351 e. The van der Waals surface area contributed by atoms with E-state index < -0.39 is 0 Å². The number of hydrogen-bond acceptors (Lipinski definition) is 1. The summed E-state index contributed by atoms with van der Waals surface area (Å²) in [6.45, 7) is 6.28. The first-order valence-electron chi connectivity index (χ1n) is 10.0. The summed E-state index contributed by atoms with van der Waals surface area (Å²) in [4.78, 5) is 4.96. The average molecular weight is 388 g/mol. The summed E-state index contributed by atoms with van der Waals surface area (Å²) < 4.78 is 0. The van der Waals surface area contributed by atoms with Crippen LogP contribution in [0, 0.1) is 6.92 Å². The highest BCUT2D eigenvalue weighted by Gasteiger charge is 2.30. The highest BCUT2D eigenvalue weighted by Crippen LogP contribution is 2.19. The van der Waals surface area contributed by atoms with Crippen molar-refractivity contribution in [3.8, 4) is 0 Å².